The zero-order valence-electron chi connectivity index (χ0n) is 12.0. The van der Waals surface area contributed by atoms with Crippen molar-refractivity contribution >= 4 is 23.2 Å². The van der Waals surface area contributed by atoms with Crippen LogP contribution < -0.4 is 5.73 Å². The number of hydrogen-bond donors (Lipinski definition) is 1. The molecular weight excluding hydrogens is 305 g/mol. The van der Waals surface area contributed by atoms with Gasteiger partial charge in [0.15, 0.2) is 0 Å². The molecular formula is C16H19Cl2N3. The summed E-state index contributed by atoms with van der Waals surface area (Å²) in [6.45, 7) is 1.66. The Morgan fingerprint density at radius 2 is 2.00 bits per heavy atom. The lowest BCUT2D eigenvalue weighted by molar-refractivity contribution is 0.308. The molecule has 112 valence electrons. The maximum Gasteiger partial charge on any atom is 0.0640 e. The van der Waals surface area contributed by atoms with Crippen molar-refractivity contribution in [2.24, 2.45) is 5.73 Å². The lowest BCUT2D eigenvalue weighted by Gasteiger charge is -2.20. The molecule has 0 saturated carbocycles. The van der Waals surface area contributed by atoms with Crippen molar-refractivity contribution in [1.82, 2.24) is 9.88 Å². The number of aromatic nitrogens is 1. The first-order chi connectivity index (χ1) is 10.1. The van der Waals surface area contributed by atoms with E-state index in [-0.39, 0.29) is 6.04 Å². The average molecular weight is 324 g/mol. The van der Waals surface area contributed by atoms with Gasteiger partial charge >= 0.3 is 0 Å². The molecule has 1 aromatic carbocycles. The Kier molecular flexibility index (Phi) is 6.00. The highest BCUT2D eigenvalue weighted by atomic mass is 35.5. The monoisotopic (exact) mass is 323 g/mol. The molecule has 1 unspecified atom stereocenters. The van der Waals surface area contributed by atoms with Crippen LogP contribution in [0, 0.1) is 0 Å². The standard InChI is InChI=1S/C16H19Cl2N3/c1-21(11-12-5-2-3-9-20-12)10-8-15(19)13-6-4-7-14(17)16(13)18/h2-7,9,15H,8,10-11,19H2,1H3. The summed E-state index contributed by atoms with van der Waals surface area (Å²) < 4.78 is 0. The molecule has 1 aromatic heterocycles. The fourth-order valence-electron chi connectivity index (χ4n) is 2.17. The van der Waals surface area contributed by atoms with E-state index in [9.17, 15) is 0 Å². The maximum absolute atomic E-state index is 6.22. The molecule has 0 bridgehead atoms. The van der Waals surface area contributed by atoms with Gasteiger partial charge in [-0.1, -0.05) is 41.4 Å². The van der Waals surface area contributed by atoms with E-state index < -0.39 is 0 Å². The summed E-state index contributed by atoms with van der Waals surface area (Å²) >= 11 is 12.2. The van der Waals surface area contributed by atoms with E-state index in [2.05, 4.69) is 16.9 Å². The Bertz CT molecular complexity index is 575. The van der Waals surface area contributed by atoms with Crippen LogP contribution in [-0.4, -0.2) is 23.5 Å². The van der Waals surface area contributed by atoms with E-state index in [1.165, 1.54) is 0 Å². The molecule has 0 aliphatic heterocycles. The minimum absolute atomic E-state index is 0.123. The van der Waals surface area contributed by atoms with Gasteiger partial charge in [0, 0.05) is 25.3 Å². The van der Waals surface area contributed by atoms with E-state index in [1.54, 1.807) is 12.3 Å². The molecule has 0 radical (unpaired) electrons. The summed E-state index contributed by atoms with van der Waals surface area (Å²) in [5, 5.41) is 1.10. The highest BCUT2D eigenvalue weighted by Gasteiger charge is 2.13. The Morgan fingerprint density at radius 1 is 1.19 bits per heavy atom. The van der Waals surface area contributed by atoms with Crippen molar-refractivity contribution in [2.45, 2.75) is 19.0 Å². The Balaban J connectivity index is 1.89. The van der Waals surface area contributed by atoms with Crippen molar-refractivity contribution in [3.8, 4) is 0 Å². The lowest BCUT2D eigenvalue weighted by atomic mass is 10.0. The molecule has 0 spiro atoms. The summed E-state index contributed by atoms with van der Waals surface area (Å²) in [7, 11) is 2.06. The molecule has 1 heterocycles. The van der Waals surface area contributed by atoms with Gasteiger partial charge in [0.1, 0.15) is 0 Å². The molecule has 2 aromatic rings. The Morgan fingerprint density at radius 3 is 2.71 bits per heavy atom. The molecule has 5 heteroatoms. The van der Waals surface area contributed by atoms with Gasteiger partial charge in [-0.05, 0) is 37.2 Å². The van der Waals surface area contributed by atoms with Crippen molar-refractivity contribution in [1.29, 1.82) is 0 Å². The van der Waals surface area contributed by atoms with Crippen molar-refractivity contribution in [2.75, 3.05) is 13.6 Å². The van der Waals surface area contributed by atoms with Gasteiger partial charge in [0.25, 0.3) is 0 Å². The second kappa shape index (κ2) is 7.76. The third kappa shape index (κ3) is 4.68. The average Bonchev–Trinajstić information content (AvgIpc) is 2.48. The largest absolute Gasteiger partial charge is 0.324 e. The van der Waals surface area contributed by atoms with Gasteiger partial charge < -0.3 is 10.6 Å². The van der Waals surface area contributed by atoms with E-state index in [0.29, 0.717) is 10.0 Å². The van der Waals surface area contributed by atoms with Gasteiger partial charge in [-0.15, -0.1) is 0 Å². The predicted octanol–water partition coefficient (Wildman–Crippen LogP) is 3.91. The van der Waals surface area contributed by atoms with Gasteiger partial charge in [-0.25, -0.2) is 0 Å². The zero-order valence-corrected chi connectivity index (χ0v) is 13.5. The molecule has 2 rings (SSSR count). The van der Waals surface area contributed by atoms with Crippen LogP contribution in [-0.2, 0) is 6.54 Å². The molecule has 0 aliphatic rings. The van der Waals surface area contributed by atoms with Crippen molar-refractivity contribution in [3.63, 3.8) is 0 Å². The molecule has 2 N–H and O–H groups in total. The summed E-state index contributed by atoms with van der Waals surface area (Å²) in [6.07, 6.45) is 2.62. The van der Waals surface area contributed by atoms with Gasteiger partial charge in [0.2, 0.25) is 0 Å². The van der Waals surface area contributed by atoms with Crippen LogP contribution in [0.15, 0.2) is 42.6 Å². The second-order valence-corrected chi connectivity index (χ2v) is 5.88. The van der Waals surface area contributed by atoms with Crippen LogP contribution in [0.1, 0.15) is 23.7 Å². The zero-order chi connectivity index (χ0) is 15.2. The van der Waals surface area contributed by atoms with Crippen molar-refractivity contribution < 1.29 is 0 Å². The molecule has 3 nitrogen and oxygen atoms in total. The number of nitrogens with two attached hydrogens (primary N) is 1. The normalized spacial score (nSPS) is 12.6. The number of benzene rings is 1. The molecule has 21 heavy (non-hydrogen) atoms. The number of hydrogen-bond acceptors (Lipinski definition) is 3. The summed E-state index contributed by atoms with van der Waals surface area (Å²) in [5.74, 6) is 0. The smallest absolute Gasteiger partial charge is 0.0640 e. The molecule has 0 aliphatic carbocycles. The van der Waals surface area contributed by atoms with Crippen LogP contribution in [0.3, 0.4) is 0 Å². The first-order valence-electron chi connectivity index (χ1n) is 6.86. The molecule has 1 atom stereocenters. The topological polar surface area (TPSA) is 42.1 Å². The van der Waals surface area contributed by atoms with Crippen molar-refractivity contribution in [3.05, 3.63) is 63.9 Å². The number of halogens is 2. The van der Waals surface area contributed by atoms with Gasteiger partial charge in [-0.3, -0.25) is 4.98 Å². The first-order valence-corrected chi connectivity index (χ1v) is 7.61. The molecule has 0 amide bonds. The maximum atomic E-state index is 6.22. The van der Waals surface area contributed by atoms with Gasteiger partial charge in [-0.2, -0.15) is 0 Å². The number of nitrogens with zero attached hydrogens (tertiary/aromatic N) is 2. The predicted molar refractivity (Wildman–Crippen MR) is 88.6 cm³/mol. The minimum atomic E-state index is -0.123. The number of pyridine rings is 1. The van der Waals surface area contributed by atoms with E-state index in [1.807, 2.05) is 30.3 Å². The third-order valence-electron chi connectivity index (χ3n) is 3.36. The van der Waals surface area contributed by atoms with E-state index >= 15 is 0 Å². The van der Waals surface area contributed by atoms with Gasteiger partial charge in [0.05, 0.1) is 15.7 Å². The summed E-state index contributed by atoms with van der Waals surface area (Å²) in [4.78, 5) is 6.51. The summed E-state index contributed by atoms with van der Waals surface area (Å²) in [5.41, 5.74) is 8.17. The van der Waals surface area contributed by atoms with E-state index in [0.717, 1.165) is 30.8 Å². The SMILES string of the molecule is CN(CCC(N)c1cccc(Cl)c1Cl)Cc1ccccn1. The van der Waals surface area contributed by atoms with Crippen LogP contribution in [0.25, 0.3) is 0 Å². The highest BCUT2D eigenvalue weighted by molar-refractivity contribution is 6.42. The fraction of sp³-hybridized carbons (Fsp3) is 0.312. The minimum Gasteiger partial charge on any atom is -0.324 e. The second-order valence-electron chi connectivity index (χ2n) is 5.10. The first kappa shape index (κ1) is 16.2. The third-order valence-corrected chi connectivity index (χ3v) is 4.19. The fourth-order valence-corrected chi connectivity index (χ4v) is 2.62. The van der Waals surface area contributed by atoms with Crippen LogP contribution in [0.4, 0.5) is 0 Å². The Labute approximate surface area is 135 Å². The van der Waals surface area contributed by atoms with Crippen LogP contribution >= 0.6 is 23.2 Å². The van der Waals surface area contributed by atoms with Crippen LogP contribution in [0.2, 0.25) is 10.0 Å². The molecule has 0 fully saturated rings. The highest BCUT2D eigenvalue weighted by Crippen LogP contribution is 2.30. The summed E-state index contributed by atoms with van der Waals surface area (Å²) in [6, 6.07) is 11.4. The quantitative estimate of drug-likeness (QED) is 0.876. The number of rotatable bonds is 6. The van der Waals surface area contributed by atoms with Crippen LogP contribution in [0.5, 0.6) is 0 Å². The lowest BCUT2D eigenvalue weighted by Crippen LogP contribution is -2.24. The molecule has 0 saturated heterocycles. The Hall–Kier alpha value is -1.13. The van der Waals surface area contributed by atoms with E-state index in [4.69, 9.17) is 28.9 Å².